The zero-order chi connectivity index (χ0) is 14.3. The van der Waals surface area contributed by atoms with E-state index in [1.54, 1.807) is 0 Å². The molecule has 0 fully saturated rings. The van der Waals surface area contributed by atoms with E-state index >= 15 is 0 Å². The third-order valence-corrected chi connectivity index (χ3v) is 2.93. The van der Waals surface area contributed by atoms with E-state index in [9.17, 15) is 4.79 Å². The van der Waals surface area contributed by atoms with Crippen molar-refractivity contribution in [1.29, 1.82) is 0 Å². The Hall–Kier alpha value is -1.39. The average molecular weight is 263 g/mol. The quantitative estimate of drug-likeness (QED) is 0.793. The van der Waals surface area contributed by atoms with Crippen molar-refractivity contribution in [3.8, 4) is 0 Å². The molecule has 4 nitrogen and oxygen atoms in total. The van der Waals surface area contributed by atoms with Gasteiger partial charge in [-0.2, -0.15) is 0 Å². The number of anilines is 1. The second kappa shape index (κ2) is 7.92. The van der Waals surface area contributed by atoms with Crippen LogP contribution in [0.5, 0.6) is 0 Å². The lowest BCUT2D eigenvalue weighted by atomic mass is 10.1. The van der Waals surface area contributed by atoms with Gasteiger partial charge in [0, 0.05) is 12.2 Å². The van der Waals surface area contributed by atoms with Crippen LogP contribution < -0.4 is 11.1 Å². The molecule has 106 valence electrons. The Labute approximate surface area is 116 Å². The van der Waals surface area contributed by atoms with Gasteiger partial charge in [-0.05, 0) is 38.2 Å². The maximum atomic E-state index is 11.8. The lowest BCUT2D eigenvalue weighted by Crippen LogP contribution is -2.35. The number of amides is 1. The molecular formula is C15H25N3O. The Morgan fingerprint density at radius 2 is 1.95 bits per heavy atom. The Morgan fingerprint density at radius 1 is 1.32 bits per heavy atom. The van der Waals surface area contributed by atoms with Crippen LogP contribution in [0.25, 0.3) is 0 Å². The molecule has 1 amide bonds. The van der Waals surface area contributed by atoms with Gasteiger partial charge in [0.2, 0.25) is 5.91 Å². The SMILES string of the molecule is CCCCC(N)C(=O)Nc1ccc(CN(C)C)cc1. The summed E-state index contributed by atoms with van der Waals surface area (Å²) in [7, 11) is 4.06. The average Bonchev–Trinajstić information content (AvgIpc) is 2.37. The highest BCUT2D eigenvalue weighted by Gasteiger charge is 2.12. The zero-order valence-corrected chi connectivity index (χ0v) is 12.1. The van der Waals surface area contributed by atoms with Crippen LogP contribution in [0.4, 0.5) is 5.69 Å². The number of nitrogens with zero attached hydrogens (tertiary/aromatic N) is 1. The minimum Gasteiger partial charge on any atom is -0.325 e. The fraction of sp³-hybridized carbons (Fsp3) is 0.533. The Morgan fingerprint density at radius 3 is 2.47 bits per heavy atom. The molecule has 0 aliphatic heterocycles. The van der Waals surface area contributed by atoms with Crippen LogP contribution in [0.2, 0.25) is 0 Å². The number of carbonyl (C=O) groups excluding carboxylic acids is 1. The van der Waals surface area contributed by atoms with Gasteiger partial charge in [-0.3, -0.25) is 4.79 Å². The van der Waals surface area contributed by atoms with Gasteiger partial charge in [0.25, 0.3) is 0 Å². The van der Waals surface area contributed by atoms with Gasteiger partial charge in [-0.15, -0.1) is 0 Å². The van der Waals surface area contributed by atoms with Crippen molar-refractivity contribution in [2.24, 2.45) is 5.73 Å². The summed E-state index contributed by atoms with van der Waals surface area (Å²) in [5.41, 5.74) is 7.85. The highest BCUT2D eigenvalue weighted by atomic mass is 16.2. The molecule has 0 heterocycles. The van der Waals surface area contributed by atoms with E-state index in [4.69, 9.17) is 5.73 Å². The number of hydrogen-bond donors (Lipinski definition) is 2. The molecule has 0 bridgehead atoms. The Balaban J connectivity index is 2.50. The predicted octanol–water partition coefficient (Wildman–Crippen LogP) is 2.20. The van der Waals surface area contributed by atoms with Gasteiger partial charge in [0.15, 0.2) is 0 Å². The molecule has 0 aliphatic carbocycles. The van der Waals surface area contributed by atoms with Gasteiger partial charge in [-0.1, -0.05) is 31.9 Å². The fourth-order valence-electron chi connectivity index (χ4n) is 1.85. The summed E-state index contributed by atoms with van der Waals surface area (Å²) in [5, 5.41) is 2.85. The van der Waals surface area contributed by atoms with Gasteiger partial charge in [0.1, 0.15) is 0 Å². The fourth-order valence-corrected chi connectivity index (χ4v) is 1.85. The largest absolute Gasteiger partial charge is 0.325 e. The second-order valence-electron chi connectivity index (χ2n) is 5.17. The number of hydrogen-bond acceptors (Lipinski definition) is 3. The van der Waals surface area contributed by atoms with E-state index < -0.39 is 6.04 Å². The van der Waals surface area contributed by atoms with Gasteiger partial charge >= 0.3 is 0 Å². The molecule has 1 aromatic carbocycles. The summed E-state index contributed by atoms with van der Waals surface area (Å²) in [5.74, 6) is -0.103. The summed E-state index contributed by atoms with van der Waals surface area (Å²) in [4.78, 5) is 13.9. The third kappa shape index (κ3) is 5.85. The minimum absolute atomic E-state index is 0.103. The van der Waals surface area contributed by atoms with Crippen LogP contribution in [-0.2, 0) is 11.3 Å². The van der Waals surface area contributed by atoms with Crippen LogP contribution in [0, 0.1) is 0 Å². The molecule has 1 unspecified atom stereocenters. The van der Waals surface area contributed by atoms with E-state index in [-0.39, 0.29) is 5.91 Å². The molecule has 1 atom stereocenters. The molecule has 1 aromatic rings. The van der Waals surface area contributed by atoms with Gasteiger partial charge in [0.05, 0.1) is 6.04 Å². The van der Waals surface area contributed by atoms with Crippen LogP contribution in [-0.4, -0.2) is 30.9 Å². The number of rotatable bonds is 7. The molecule has 4 heteroatoms. The maximum absolute atomic E-state index is 11.8. The number of nitrogens with two attached hydrogens (primary N) is 1. The lowest BCUT2D eigenvalue weighted by molar-refractivity contribution is -0.117. The standard InChI is InChI=1S/C15H25N3O/c1-4-5-6-14(16)15(19)17-13-9-7-12(8-10-13)11-18(2)3/h7-10,14H,4-6,11,16H2,1-3H3,(H,17,19). The van der Waals surface area contributed by atoms with Crippen molar-refractivity contribution in [2.45, 2.75) is 38.8 Å². The Bertz CT molecular complexity index is 387. The van der Waals surface area contributed by atoms with Gasteiger partial charge in [-0.25, -0.2) is 0 Å². The molecule has 19 heavy (non-hydrogen) atoms. The summed E-state index contributed by atoms with van der Waals surface area (Å²) < 4.78 is 0. The predicted molar refractivity (Wildman–Crippen MR) is 80.0 cm³/mol. The number of unbranched alkanes of at least 4 members (excludes halogenated alkanes) is 1. The molecular weight excluding hydrogens is 238 g/mol. The van der Waals surface area contributed by atoms with E-state index in [1.165, 1.54) is 5.56 Å². The smallest absolute Gasteiger partial charge is 0.241 e. The van der Waals surface area contributed by atoms with Crippen molar-refractivity contribution < 1.29 is 4.79 Å². The molecule has 0 spiro atoms. The molecule has 0 saturated heterocycles. The first-order chi connectivity index (χ1) is 9.02. The summed E-state index contributed by atoms with van der Waals surface area (Å²) in [6.07, 6.45) is 2.78. The molecule has 1 rings (SSSR count). The van der Waals surface area contributed by atoms with E-state index in [2.05, 4.69) is 17.1 Å². The van der Waals surface area contributed by atoms with Crippen LogP contribution in [0.1, 0.15) is 31.7 Å². The van der Waals surface area contributed by atoms with E-state index in [0.717, 1.165) is 31.5 Å². The van der Waals surface area contributed by atoms with Gasteiger partial charge < -0.3 is 16.0 Å². The first kappa shape index (κ1) is 15.7. The first-order valence-electron chi connectivity index (χ1n) is 6.83. The molecule has 0 radical (unpaired) electrons. The monoisotopic (exact) mass is 263 g/mol. The second-order valence-corrected chi connectivity index (χ2v) is 5.17. The third-order valence-electron chi connectivity index (χ3n) is 2.93. The number of benzene rings is 1. The summed E-state index contributed by atoms with van der Waals surface area (Å²) in [6.45, 7) is 2.98. The van der Waals surface area contributed by atoms with Crippen molar-refractivity contribution in [3.63, 3.8) is 0 Å². The van der Waals surface area contributed by atoms with E-state index in [1.807, 2.05) is 38.4 Å². The van der Waals surface area contributed by atoms with Crippen molar-refractivity contribution >= 4 is 11.6 Å². The van der Waals surface area contributed by atoms with Crippen molar-refractivity contribution in [3.05, 3.63) is 29.8 Å². The highest BCUT2D eigenvalue weighted by molar-refractivity contribution is 5.94. The van der Waals surface area contributed by atoms with Crippen molar-refractivity contribution in [2.75, 3.05) is 19.4 Å². The maximum Gasteiger partial charge on any atom is 0.241 e. The zero-order valence-electron chi connectivity index (χ0n) is 12.1. The summed E-state index contributed by atoms with van der Waals surface area (Å²) >= 11 is 0. The molecule has 0 aromatic heterocycles. The lowest BCUT2D eigenvalue weighted by Gasteiger charge is -2.13. The Kier molecular flexibility index (Phi) is 6.53. The highest BCUT2D eigenvalue weighted by Crippen LogP contribution is 2.11. The van der Waals surface area contributed by atoms with Crippen LogP contribution in [0.3, 0.4) is 0 Å². The first-order valence-corrected chi connectivity index (χ1v) is 6.83. The van der Waals surface area contributed by atoms with E-state index in [0.29, 0.717) is 0 Å². The number of nitrogens with one attached hydrogen (secondary N) is 1. The minimum atomic E-state index is -0.415. The molecule has 3 N–H and O–H groups in total. The van der Waals surface area contributed by atoms with Crippen LogP contribution >= 0.6 is 0 Å². The summed E-state index contributed by atoms with van der Waals surface area (Å²) in [6, 6.07) is 7.47. The molecule has 0 aliphatic rings. The topological polar surface area (TPSA) is 58.4 Å². The van der Waals surface area contributed by atoms with Crippen molar-refractivity contribution in [1.82, 2.24) is 4.90 Å². The van der Waals surface area contributed by atoms with Crippen LogP contribution in [0.15, 0.2) is 24.3 Å². The normalized spacial score (nSPS) is 12.5. The molecule has 0 saturated carbocycles. The number of carbonyl (C=O) groups is 1.